The molecule has 0 aliphatic carbocycles. The van der Waals surface area contributed by atoms with Gasteiger partial charge in [0, 0.05) is 6.42 Å². The summed E-state index contributed by atoms with van der Waals surface area (Å²) in [4.78, 5) is 23.6. The van der Waals surface area contributed by atoms with Crippen molar-refractivity contribution in [2.75, 3.05) is 0 Å². The number of aliphatic hydroxyl groups is 1. The predicted molar refractivity (Wildman–Crippen MR) is 103 cm³/mol. The second kappa shape index (κ2) is 10.6. The highest BCUT2D eigenvalue weighted by atomic mass is 16.6. The van der Waals surface area contributed by atoms with Gasteiger partial charge in [-0.3, -0.25) is 9.59 Å². The molecule has 0 radical (unpaired) electrons. The van der Waals surface area contributed by atoms with Crippen molar-refractivity contribution < 1.29 is 34.0 Å². The molecule has 0 spiro atoms. The van der Waals surface area contributed by atoms with Gasteiger partial charge < -0.3 is 24.4 Å². The summed E-state index contributed by atoms with van der Waals surface area (Å²) < 4.78 is 17.4. The van der Waals surface area contributed by atoms with E-state index in [1.807, 2.05) is 20.8 Å². The smallest absolute Gasteiger partial charge is 0.311 e. The van der Waals surface area contributed by atoms with Gasteiger partial charge in [0.05, 0.1) is 42.4 Å². The molecule has 2 saturated heterocycles. The summed E-state index contributed by atoms with van der Waals surface area (Å²) >= 11 is 0. The van der Waals surface area contributed by atoms with E-state index in [1.165, 1.54) is 0 Å². The first kappa shape index (κ1) is 23.1. The van der Waals surface area contributed by atoms with Crippen LogP contribution in [-0.2, 0) is 23.8 Å². The fraction of sp³-hybridized carbons (Fsp3) is 0.905. The lowest BCUT2D eigenvalue weighted by Crippen LogP contribution is -2.32. The van der Waals surface area contributed by atoms with Crippen LogP contribution >= 0.6 is 0 Å². The molecule has 0 aromatic heterocycles. The van der Waals surface area contributed by atoms with Gasteiger partial charge in [-0.2, -0.15) is 0 Å². The molecule has 2 heterocycles. The number of carboxylic acid groups (broad SMARTS) is 1. The van der Waals surface area contributed by atoms with Crippen LogP contribution in [0.4, 0.5) is 0 Å². The Morgan fingerprint density at radius 3 is 2.04 bits per heavy atom. The third-order valence-electron chi connectivity index (χ3n) is 6.08. The molecule has 0 unspecified atom stereocenters. The van der Waals surface area contributed by atoms with Gasteiger partial charge in [-0.25, -0.2) is 0 Å². The molecule has 0 aromatic rings. The van der Waals surface area contributed by atoms with Crippen LogP contribution in [0.5, 0.6) is 0 Å². The lowest BCUT2D eigenvalue weighted by molar-refractivity contribution is -0.159. The molecular formula is C21H36O7. The van der Waals surface area contributed by atoms with Gasteiger partial charge in [-0.15, -0.1) is 0 Å². The van der Waals surface area contributed by atoms with Crippen LogP contribution in [0.15, 0.2) is 0 Å². The highest BCUT2D eigenvalue weighted by molar-refractivity contribution is 5.73. The average Bonchev–Trinajstić information content (AvgIpc) is 3.29. The van der Waals surface area contributed by atoms with Gasteiger partial charge in [0.2, 0.25) is 0 Å². The standard InChI is InChI=1S/C21H36O7/c1-5-15(22)11-17-7-9-19(28-17)14(4)21(25)26-12(2)10-16-6-8-18(27-16)13(3)20(23)24/h12-19,22H,5-11H2,1-4H3,(H,23,24)/t12-,13+,14+,15+,16-,17+,18-,19-/m0/s1. The molecule has 0 bridgehead atoms. The van der Waals surface area contributed by atoms with Crippen molar-refractivity contribution in [2.45, 2.75) is 109 Å². The summed E-state index contributed by atoms with van der Waals surface area (Å²) in [6.45, 7) is 7.28. The van der Waals surface area contributed by atoms with Crippen LogP contribution in [0.3, 0.4) is 0 Å². The SMILES string of the molecule is CC[C@@H](O)C[C@H]1CC[C@@H]([C@@H](C)C(=O)O[C@@H](C)C[C@@H]2CC[C@@H]([C@@H](C)C(=O)O)O2)O1. The van der Waals surface area contributed by atoms with E-state index in [4.69, 9.17) is 19.3 Å². The normalized spacial score (nSPS) is 31.9. The van der Waals surface area contributed by atoms with Gasteiger partial charge in [-0.1, -0.05) is 6.92 Å². The maximum Gasteiger partial charge on any atom is 0.311 e. The van der Waals surface area contributed by atoms with Crippen molar-refractivity contribution >= 4 is 11.9 Å². The summed E-state index contributed by atoms with van der Waals surface area (Å²) in [7, 11) is 0. The zero-order chi connectivity index (χ0) is 20.8. The minimum absolute atomic E-state index is 0.00710. The second-order valence-corrected chi connectivity index (χ2v) is 8.44. The van der Waals surface area contributed by atoms with Gasteiger partial charge in [-0.05, 0) is 59.3 Å². The van der Waals surface area contributed by atoms with E-state index in [2.05, 4.69) is 0 Å². The zero-order valence-corrected chi connectivity index (χ0v) is 17.5. The molecule has 0 amide bonds. The van der Waals surface area contributed by atoms with Crippen molar-refractivity contribution in [3.63, 3.8) is 0 Å². The molecule has 8 atom stereocenters. The van der Waals surface area contributed by atoms with E-state index in [-0.39, 0.29) is 48.5 Å². The van der Waals surface area contributed by atoms with E-state index >= 15 is 0 Å². The minimum atomic E-state index is -0.847. The molecule has 2 N–H and O–H groups in total. The number of aliphatic carboxylic acids is 1. The van der Waals surface area contributed by atoms with Crippen LogP contribution < -0.4 is 0 Å². The highest BCUT2D eigenvalue weighted by Crippen LogP contribution is 2.31. The summed E-state index contributed by atoms with van der Waals surface area (Å²) in [6, 6.07) is 0. The molecule has 28 heavy (non-hydrogen) atoms. The summed E-state index contributed by atoms with van der Waals surface area (Å²) in [6.07, 6.45) is 3.88. The minimum Gasteiger partial charge on any atom is -0.481 e. The molecule has 2 aliphatic heterocycles. The maximum absolute atomic E-state index is 12.5. The van der Waals surface area contributed by atoms with Crippen molar-refractivity contribution in [3.05, 3.63) is 0 Å². The molecule has 0 aromatic carbocycles. The molecule has 2 aliphatic rings. The Morgan fingerprint density at radius 2 is 1.50 bits per heavy atom. The van der Waals surface area contributed by atoms with Crippen molar-refractivity contribution in [1.82, 2.24) is 0 Å². The Kier molecular flexibility index (Phi) is 8.71. The number of rotatable bonds is 10. The number of esters is 1. The Morgan fingerprint density at radius 1 is 0.964 bits per heavy atom. The third kappa shape index (κ3) is 6.42. The largest absolute Gasteiger partial charge is 0.481 e. The molecule has 2 fully saturated rings. The third-order valence-corrected chi connectivity index (χ3v) is 6.08. The van der Waals surface area contributed by atoms with E-state index in [0.29, 0.717) is 19.3 Å². The fourth-order valence-electron chi connectivity index (χ4n) is 4.05. The number of carboxylic acids is 1. The molecule has 0 saturated carbocycles. The molecule has 162 valence electrons. The van der Waals surface area contributed by atoms with Crippen LogP contribution in [0.2, 0.25) is 0 Å². The fourth-order valence-corrected chi connectivity index (χ4v) is 4.05. The number of aliphatic hydroxyl groups excluding tert-OH is 1. The Balaban J connectivity index is 1.73. The quantitative estimate of drug-likeness (QED) is 0.544. The van der Waals surface area contributed by atoms with Crippen LogP contribution in [0.25, 0.3) is 0 Å². The number of hydrogen-bond donors (Lipinski definition) is 2. The highest BCUT2D eigenvalue weighted by Gasteiger charge is 2.36. The number of carbonyl (C=O) groups is 2. The van der Waals surface area contributed by atoms with E-state index in [0.717, 1.165) is 25.7 Å². The van der Waals surface area contributed by atoms with Crippen molar-refractivity contribution in [3.8, 4) is 0 Å². The molecule has 7 heteroatoms. The lowest BCUT2D eigenvalue weighted by atomic mass is 10.0. The summed E-state index contributed by atoms with van der Waals surface area (Å²) in [5, 5.41) is 18.9. The van der Waals surface area contributed by atoms with Gasteiger partial charge in [0.15, 0.2) is 0 Å². The topological polar surface area (TPSA) is 102 Å². The van der Waals surface area contributed by atoms with Gasteiger partial charge in [0.25, 0.3) is 0 Å². The number of ether oxygens (including phenoxy) is 3. The van der Waals surface area contributed by atoms with Gasteiger partial charge >= 0.3 is 11.9 Å². The van der Waals surface area contributed by atoms with Crippen molar-refractivity contribution in [1.29, 1.82) is 0 Å². The van der Waals surface area contributed by atoms with Gasteiger partial charge in [0.1, 0.15) is 6.10 Å². The lowest BCUT2D eigenvalue weighted by Gasteiger charge is -2.23. The Labute approximate surface area is 167 Å². The molecule has 7 nitrogen and oxygen atoms in total. The molecule has 2 rings (SSSR count). The first-order chi connectivity index (χ1) is 13.2. The van der Waals surface area contributed by atoms with Crippen LogP contribution in [-0.4, -0.2) is 58.8 Å². The zero-order valence-electron chi connectivity index (χ0n) is 17.5. The predicted octanol–water partition coefficient (Wildman–Crippen LogP) is 2.92. The first-order valence-electron chi connectivity index (χ1n) is 10.6. The Bertz CT molecular complexity index is 523. The van der Waals surface area contributed by atoms with E-state index < -0.39 is 11.9 Å². The summed E-state index contributed by atoms with van der Waals surface area (Å²) in [5.74, 6) is -2.00. The van der Waals surface area contributed by atoms with Crippen LogP contribution in [0.1, 0.15) is 72.6 Å². The number of carbonyl (C=O) groups excluding carboxylic acids is 1. The maximum atomic E-state index is 12.5. The van der Waals surface area contributed by atoms with E-state index in [1.54, 1.807) is 6.92 Å². The summed E-state index contributed by atoms with van der Waals surface area (Å²) in [5.41, 5.74) is 0. The van der Waals surface area contributed by atoms with Crippen molar-refractivity contribution in [2.24, 2.45) is 11.8 Å². The van der Waals surface area contributed by atoms with E-state index in [9.17, 15) is 14.7 Å². The molecular weight excluding hydrogens is 364 g/mol. The number of hydrogen-bond acceptors (Lipinski definition) is 6. The monoisotopic (exact) mass is 400 g/mol. The van der Waals surface area contributed by atoms with Crippen LogP contribution in [0, 0.1) is 11.8 Å². The first-order valence-corrected chi connectivity index (χ1v) is 10.6. The Hall–Kier alpha value is -1.18. The average molecular weight is 401 g/mol. The second-order valence-electron chi connectivity index (χ2n) is 8.44.